The highest BCUT2D eigenvalue weighted by atomic mass is 79.9. The third-order valence-electron chi connectivity index (χ3n) is 2.28. The predicted molar refractivity (Wildman–Crippen MR) is 59.9 cm³/mol. The lowest BCUT2D eigenvalue weighted by molar-refractivity contribution is -0.136. The molecule has 14 heavy (non-hydrogen) atoms. The van der Waals surface area contributed by atoms with E-state index in [9.17, 15) is 4.79 Å². The van der Waals surface area contributed by atoms with E-state index in [0.717, 1.165) is 22.0 Å². The Morgan fingerprint density at radius 1 is 1.29 bits per heavy atom. The molecule has 76 valence electrons. The maximum Gasteiger partial charge on any atom is 0.307 e. The predicted octanol–water partition coefficient (Wildman–Crippen LogP) is 2.83. The molecular formula is C11H13BrO2. The van der Waals surface area contributed by atoms with Crippen LogP contribution in [0.15, 0.2) is 12.1 Å². The topological polar surface area (TPSA) is 37.3 Å². The Bertz CT molecular complexity index is 359. The molecule has 3 heteroatoms. The van der Waals surface area contributed by atoms with Crippen molar-refractivity contribution in [3.63, 3.8) is 0 Å². The minimum Gasteiger partial charge on any atom is -0.481 e. The van der Waals surface area contributed by atoms with Gasteiger partial charge in [-0.15, -0.1) is 0 Å². The zero-order chi connectivity index (χ0) is 10.7. The number of alkyl halides is 1. The van der Waals surface area contributed by atoms with E-state index in [1.807, 2.05) is 26.0 Å². The Balaban J connectivity index is 3.10. The number of rotatable bonds is 3. The van der Waals surface area contributed by atoms with Crippen molar-refractivity contribution in [2.24, 2.45) is 0 Å². The second kappa shape index (κ2) is 4.60. The monoisotopic (exact) mass is 256 g/mol. The van der Waals surface area contributed by atoms with E-state index in [2.05, 4.69) is 15.9 Å². The first kappa shape index (κ1) is 11.2. The molecule has 1 aromatic carbocycles. The number of aliphatic carboxylic acids is 1. The zero-order valence-corrected chi connectivity index (χ0v) is 9.89. The lowest BCUT2D eigenvalue weighted by atomic mass is 9.99. The molecule has 0 heterocycles. The summed E-state index contributed by atoms with van der Waals surface area (Å²) in [5.41, 5.74) is 4.31. The van der Waals surface area contributed by atoms with Crippen LogP contribution in [0.4, 0.5) is 0 Å². The summed E-state index contributed by atoms with van der Waals surface area (Å²) in [7, 11) is 0. The highest BCUT2D eigenvalue weighted by Crippen LogP contribution is 2.18. The van der Waals surface area contributed by atoms with Gasteiger partial charge in [0.25, 0.3) is 0 Å². The van der Waals surface area contributed by atoms with Crippen molar-refractivity contribution < 1.29 is 9.90 Å². The van der Waals surface area contributed by atoms with Gasteiger partial charge in [-0.2, -0.15) is 0 Å². The lowest BCUT2D eigenvalue weighted by Crippen LogP contribution is -2.03. The number of hydrogen-bond donors (Lipinski definition) is 1. The maximum atomic E-state index is 10.6. The van der Waals surface area contributed by atoms with E-state index in [4.69, 9.17) is 5.11 Å². The number of halogens is 1. The minimum atomic E-state index is -0.780. The van der Waals surface area contributed by atoms with E-state index in [1.165, 1.54) is 5.56 Å². The summed E-state index contributed by atoms with van der Waals surface area (Å²) >= 11 is 3.39. The first-order valence-electron chi connectivity index (χ1n) is 4.41. The summed E-state index contributed by atoms with van der Waals surface area (Å²) in [4.78, 5) is 10.6. The van der Waals surface area contributed by atoms with Gasteiger partial charge < -0.3 is 5.11 Å². The number of carboxylic acid groups (broad SMARTS) is 1. The fourth-order valence-electron chi connectivity index (χ4n) is 1.45. The Morgan fingerprint density at radius 3 is 2.36 bits per heavy atom. The van der Waals surface area contributed by atoms with E-state index in [1.54, 1.807) is 0 Å². The Morgan fingerprint density at radius 2 is 1.86 bits per heavy atom. The molecule has 0 saturated carbocycles. The molecule has 0 saturated heterocycles. The Kier molecular flexibility index (Phi) is 3.69. The van der Waals surface area contributed by atoms with Crippen LogP contribution in [0.25, 0.3) is 0 Å². The lowest BCUT2D eigenvalue weighted by Gasteiger charge is -2.08. The molecule has 1 rings (SSSR count). The van der Waals surface area contributed by atoms with Crippen LogP contribution in [0.5, 0.6) is 0 Å². The molecule has 0 aromatic heterocycles. The molecule has 0 amide bonds. The standard InChI is InChI=1S/C11H13BrO2/c1-7-3-8(2)10(6-12)4-9(7)5-11(13)14/h3-4H,5-6H2,1-2H3,(H,13,14). The Hall–Kier alpha value is -0.830. The molecule has 0 aliphatic carbocycles. The van der Waals surface area contributed by atoms with Gasteiger partial charge in [0, 0.05) is 5.33 Å². The van der Waals surface area contributed by atoms with Gasteiger partial charge >= 0.3 is 5.97 Å². The molecule has 0 unspecified atom stereocenters. The zero-order valence-electron chi connectivity index (χ0n) is 8.30. The van der Waals surface area contributed by atoms with Crippen molar-refractivity contribution in [3.8, 4) is 0 Å². The van der Waals surface area contributed by atoms with Crippen LogP contribution >= 0.6 is 15.9 Å². The summed E-state index contributed by atoms with van der Waals surface area (Å²) in [6, 6.07) is 4.00. The van der Waals surface area contributed by atoms with Crippen molar-refractivity contribution in [2.45, 2.75) is 25.6 Å². The summed E-state index contributed by atoms with van der Waals surface area (Å²) in [6.45, 7) is 3.98. The molecule has 0 atom stereocenters. The van der Waals surface area contributed by atoms with Gasteiger partial charge in [0.15, 0.2) is 0 Å². The first-order chi connectivity index (χ1) is 6.54. The molecular weight excluding hydrogens is 244 g/mol. The maximum absolute atomic E-state index is 10.6. The smallest absolute Gasteiger partial charge is 0.307 e. The molecule has 0 fully saturated rings. The van der Waals surface area contributed by atoms with Crippen molar-refractivity contribution in [3.05, 3.63) is 34.4 Å². The molecule has 0 aliphatic heterocycles. The van der Waals surface area contributed by atoms with Crippen LogP contribution < -0.4 is 0 Å². The Labute approximate surface area is 92.1 Å². The van der Waals surface area contributed by atoms with Gasteiger partial charge in [0.05, 0.1) is 6.42 Å². The van der Waals surface area contributed by atoms with Crippen LogP contribution in [0, 0.1) is 13.8 Å². The van der Waals surface area contributed by atoms with Gasteiger partial charge in [-0.25, -0.2) is 0 Å². The number of carboxylic acids is 1. The van der Waals surface area contributed by atoms with Gasteiger partial charge in [-0.3, -0.25) is 4.79 Å². The second-order valence-corrected chi connectivity index (χ2v) is 3.97. The number of carbonyl (C=O) groups is 1. The van der Waals surface area contributed by atoms with E-state index in [-0.39, 0.29) is 6.42 Å². The molecule has 0 bridgehead atoms. The van der Waals surface area contributed by atoms with Gasteiger partial charge in [0.1, 0.15) is 0 Å². The van der Waals surface area contributed by atoms with Crippen molar-refractivity contribution in [1.29, 1.82) is 0 Å². The fraction of sp³-hybridized carbons (Fsp3) is 0.364. The van der Waals surface area contributed by atoms with Crippen molar-refractivity contribution in [1.82, 2.24) is 0 Å². The third kappa shape index (κ3) is 2.58. The van der Waals surface area contributed by atoms with Crippen LogP contribution in [0.3, 0.4) is 0 Å². The SMILES string of the molecule is Cc1cc(C)c(CC(=O)O)cc1CBr. The average Bonchev–Trinajstić information content (AvgIpc) is 2.09. The molecule has 1 aromatic rings. The molecule has 2 nitrogen and oxygen atoms in total. The molecule has 0 aliphatic rings. The van der Waals surface area contributed by atoms with Crippen LogP contribution in [-0.4, -0.2) is 11.1 Å². The van der Waals surface area contributed by atoms with Crippen LogP contribution in [0.2, 0.25) is 0 Å². The highest BCUT2D eigenvalue weighted by Gasteiger charge is 2.07. The average molecular weight is 257 g/mol. The summed E-state index contributed by atoms with van der Waals surface area (Å²) in [5, 5.41) is 9.48. The second-order valence-electron chi connectivity index (χ2n) is 3.41. The largest absolute Gasteiger partial charge is 0.481 e. The number of hydrogen-bond acceptors (Lipinski definition) is 1. The van der Waals surface area contributed by atoms with Gasteiger partial charge in [0.2, 0.25) is 0 Å². The summed E-state index contributed by atoms with van der Waals surface area (Å²) < 4.78 is 0. The quantitative estimate of drug-likeness (QED) is 0.845. The first-order valence-corrected chi connectivity index (χ1v) is 5.53. The number of aryl methyl sites for hydroxylation is 2. The van der Waals surface area contributed by atoms with E-state index >= 15 is 0 Å². The third-order valence-corrected chi connectivity index (χ3v) is 2.88. The van der Waals surface area contributed by atoms with Crippen LogP contribution in [0.1, 0.15) is 22.3 Å². The molecule has 0 spiro atoms. The minimum absolute atomic E-state index is 0.103. The number of benzene rings is 1. The van der Waals surface area contributed by atoms with Crippen molar-refractivity contribution >= 4 is 21.9 Å². The van der Waals surface area contributed by atoms with Gasteiger partial charge in [-0.05, 0) is 36.1 Å². The van der Waals surface area contributed by atoms with Crippen LogP contribution in [-0.2, 0) is 16.5 Å². The molecule has 0 radical (unpaired) electrons. The molecule has 1 N–H and O–H groups in total. The normalized spacial score (nSPS) is 10.2. The highest BCUT2D eigenvalue weighted by molar-refractivity contribution is 9.08. The van der Waals surface area contributed by atoms with Gasteiger partial charge in [-0.1, -0.05) is 28.1 Å². The van der Waals surface area contributed by atoms with E-state index in [0.29, 0.717) is 0 Å². The van der Waals surface area contributed by atoms with E-state index < -0.39 is 5.97 Å². The summed E-state index contributed by atoms with van der Waals surface area (Å²) in [5.74, 6) is -0.780. The fourth-order valence-corrected chi connectivity index (χ4v) is 2.05. The summed E-state index contributed by atoms with van der Waals surface area (Å²) in [6.07, 6.45) is 0.103. The van der Waals surface area contributed by atoms with Crippen molar-refractivity contribution in [2.75, 3.05) is 0 Å².